The molecule has 11 nitrogen and oxygen atoms in total. The summed E-state index contributed by atoms with van der Waals surface area (Å²) in [6.07, 6.45) is 0.275. The average molecular weight is 350 g/mol. The fourth-order valence-corrected chi connectivity index (χ4v) is 3.85. The second-order valence-electron chi connectivity index (χ2n) is 6.17. The van der Waals surface area contributed by atoms with Crippen LogP contribution in [0.15, 0.2) is 11.1 Å². The largest absolute Gasteiger partial charge is 0.381 e. The van der Waals surface area contributed by atoms with Gasteiger partial charge in [0.1, 0.15) is 12.1 Å². The van der Waals surface area contributed by atoms with E-state index < -0.39 is 29.5 Å². The molecule has 3 unspecified atom stereocenters. The van der Waals surface area contributed by atoms with Gasteiger partial charge in [-0.2, -0.15) is 4.98 Å². The number of nitrogens with two attached hydrogens (primary N) is 1. The van der Waals surface area contributed by atoms with Crippen LogP contribution in [0.2, 0.25) is 0 Å². The van der Waals surface area contributed by atoms with E-state index in [0.717, 1.165) is 0 Å². The molecule has 2 saturated heterocycles. The first-order chi connectivity index (χ1) is 11.9. The molecule has 0 aliphatic carbocycles. The van der Waals surface area contributed by atoms with Gasteiger partial charge in [-0.25, -0.2) is 4.98 Å². The van der Waals surface area contributed by atoms with Crippen LogP contribution in [0.1, 0.15) is 6.23 Å². The Hall–Kier alpha value is -2.50. The van der Waals surface area contributed by atoms with Crippen molar-refractivity contribution in [3.05, 3.63) is 16.7 Å². The van der Waals surface area contributed by atoms with Gasteiger partial charge in [-0.15, -0.1) is 0 Å². The normalized spacial score (nSPS) is 31.4. The van der Waals surface area contributed by atoms with Crippen LogP contribution in [0.4, 0.5) is 5.95 Å². The third-order valence-corrected chi connectivity index (χ3v) is 4.86. The standard InChI is InChI=1S/C14H18N6O5/c1-19-7-8(24-3)14(4-23-2,12(19)22)25-11(7)20-5-16-6-9(20)17-13(15)18-10(6)21/h5,7-8,11H,4H2,1-3H3,(H3,15,17,18,21)/t7?,8?,11?,14-/m0/s1. The molecule has 2 aliphatic heterocycles. The first kappa shape index (κ1) is 16.0. The van der Waals surface area contributed by atoms with Crippen LogP contribution in [0.5, 0.6) is 0 Å². The lowest BCUT2D eigenvalue weighted by atomic mass is 9.99. The van der Waals surface area contributed by atoms with E-state index in [2.05, 4.69) is 15.0 Å². The molecule has 0 spiro atoms. The summed E-state index contributed by atoms with van der Waals surface area (Å²) in [5.41, 5.74) is 4.37. The Morgan fingerprint density at radius 2 is 2.20 bits per heavy atom. The van der Waals surface area contributed by atoms with Crippen LogP contribution in [0.25, 0.3) is 11.2 Å². The molecule has 25 heavy (non-hydrogen) atoms. The highest BCUT2D eigenvalue weighted by Gasteiger charge is 2.69. The summed E-state index contributed by atoms with van der Waals surface area (Å²) in [6.45, 7) is 0.0461. The van der Waals surface area contributed by atoms with Crippen LogP contribution in [-0.4, -0.2) is 75.9 Å². The maximum absolute atomic E-state index is 12.7. The van der Waals surface area contributed by atoms with Gasteiger partial charge in [0.05, 0.1) is 12.9 Å². The van der Waals surface area contributed by atoms with Gasteiger partial charge in [-0.3, -0.25) is 19.1 Å². The minimum Gasteiger partial charge on any atom is -0.381 e. The Morgan fingerprint density at radius 1 is 1.44 bits per heavy atom. The average Bonchev–Trinajstić information content (AvgIpc) is 3.17. The van der Waals surface area contributed by atoms with Crippen molar-refractivity contribution in [2.24, 2.45) is 0 Å². The summed E-state index contributed by atoms with van der Waals surface area (Å²) in [5, 5.41) is 0. The molecular weight excluding hydrogens is 332 g/mol. The number of anilines is 1. The van der Waals surface area contributed by atoms with Crippen molar-refractivity contribution in [1.29, 1.82) is 0 Å². The molecule has 2 fully saturated rings. The molecule has 4 atom stereocenters. The number of H-pyrrole nitrogens is 1. The van der Waals surface area contributed by atoms with E-state index in [0.29, 0.717) is 0 Å². The van der Waals surface area contributed by atoms with Gasteiger partial charge in [-0.05, 0) is 0 Å². The molecule has 4 heterocycles. The van der Waals surface area contributed by atoms with Crippen molar-refractivity contribution in [2.45, 2.75) is 24.0 Å². The van der Waals surface area contributed by atoms with E-state index in [4.69, 9.17) is 19.9 Å². The number of nitrogen functional groups attached to an aromatic ring is 1. The molecule has 2 aliphatic rings. The molecule has 0 aromatic carbocycles. The topological polar surface area (TPSA) is 138 Å². The lowest BCUT2D eigenvalue weighted by Crippen LogP contribution is -2.52. The monoisotopic (exact) mass is 350 g/mol. The van der Waals surface area contributed by atoms with Crippen molar-refractivity contribution in [1.82, 2.24) is 24.4 Å². The highest BCUT2D eigenvalue weighted by Crippen LogP contribution is 2.48. The number of imidazole rings is 1. The highest BCUT2D eigenvalue weighted by atomic mass is 16.6. The molecule has 11 heteroatoms. The van der Waals surface area contributed by atoms with Crippen LogP contribution < -0.4 is 11.3 Å². The van der Waals surface area contributed by atoms with Gasteiger partial charge in [0.25, 0.3) is 11.5 Å². The SMILES string of the molecule is COC[C@]12OC(n3cnc4c(=O)[nH]c(N)nc43)C(C1OC)N(C)C2=O. The van der Waals surface area contributed by atoms with E-state index >= 15 is 0 Å². The number of aromatic nitrogens is 4. The Labute approximate surface area is 141 Å². The molecule has 2 bridgehead atoms. The van der Waals surface area contributed by atoms with E-state index in [1.54, 1.807) is 16.5 Å². The zero-order valence-corrected chi connectivity index (χ0v) is 13.9. The van der Waals surface area contributed by atoms with Gasteiger partial charge < -0.3 is 24.8 Å². The van der Waals surface area contributed by atoms with E-state index in [1.165, 1.54) is 20.5 Å². The fraction of sp³-hybridized carbons (Fsp3) is 0.571. The quantitative estimate of drug-likeness (QED) is 0.677. The Morgan fingerprint density at radius 3 is 2.88 bits per heavy atom. The van der Waals surface area contributed by atoms with Crippen molar-refractivity contribution in [3.8, 4) is 0 Å². The number of amides is 1. The predicted octanol–water partition coefficient (Wildman–Crippen LogP) is -1.53. The minimum atomic E-state index is -1.25. The molecule has 1 amide bonds. The van der Waals surface area contributed by atoms with E-state index in [9.17, 15) is 9.59 Å². The van der Waals surface area contributed by atoms with Gasteiger partial charge in [0, 0.05) is 21.3 Å². The minimum absolute atomic E-state index is 0.0262. The Kier molecular flexibility index (Phi) is 3.36. The van der Waals surface area contributed by atoms with Gasteiger partial charge in [-0.1, -0.05) is 0 Å². The lowest BCUT2D eigenvalue weighted by Gasteiger charge is -2.34. The number of rotatable bonds is 4. The predicted molar refractivity (Wildman–Crippen MR) is 84.6 cm³/mol. The summed E-state index contributed by atoms with van der Waals surface area (Å²) in [7, 11) is 4.69. The summed E-state index contributed by atoms with van der Waals surface area (Å²) in [5.74, 6) is -0.237. The number of morpholine rings is 1. The van der Waals surface area contributed by atoms with Crippen molar-refractivity contribution in [3.63, 3.8) is 0 Å². The molecule has 134 valence electrons. The van der Waals surface area contributed by atoms with Crippen LogP contribution >= 0.6 is 0 Å². The van der Waals surface area contributed by atoms with Crippen LogP contribution in [0.3, 0.4) is 0 Å². The Balaban J connectivity index is 1.86. The molecule has 3 N–H and O–H groups in total. The summed E-state index contributed by atoms with van der Waals surface area (Å²) < 4.78 is 18.5. The summed E-state index contributed by atoms with van der Waals surface area (Å²) in [6, 6.07) is -0.424. The zero-order valence-electron chi connectivity index (χ0n) is 13.9. The van der Waals surface area contributed by atoms with Crippen LogP contribution in [-0.2, 0) is 19.0 Å². The number of hydrogen-bond donors (Lipinski definition) is 2. The van der Waals surface area contributed by atoms with Crippen LogP contribution in [0, 0.1) is 0 Å². The molecule has 0 radical (unpaired) electrons. The third kappa shape index (κ3) is 1.91. The van der Waals surface area contributed by atoms with Gasteiger partial charge in [0.15, 0.2) is 23.0 Å². The van der Waals surface area contributed by atoms with E-state index in [-0.39, 0.29) is 29.6 Å². The van der Waals surface area contributed by atoms with Gasteiger partial charge in [0.2, 0.25) is 5.95 Å². The number of likely N-dealkylation sites (tertiary alicyclic amines) is 1. The molecule has 2 aromatic heterocycles. The number of aromatic amines is 1. The van der Waals surface area contributed by atoms with Crippen molar-refractivity contribution < 1.29 is 19.0 Å². The number of carbonyl (C=O) groups excluding carboxylic acids is 1. The smallest absolute Gasteiger partial charge is 0.280 e. The number of nitrogens with one attached hydrogen (secondary N) is 1. The first-order valence-corrected chi connectivity index (χ1v) is 7.63. The maximum atomic E-state index is 12.7. The molecule has 2 aromatic rings. The highest BCUT2D eigenvalue weighted by molar-refractivity contribution is 5.90. The summed E-state index contributed by atoms with van der Waals surface area (Å²) in [4.78, 5) is 36.9. The maximum Gasteiger partial charge on any atom is 0.280 e. The fourth-order valence-electron chi connectivity index (χ4n) is 3.85. The summed E-state index contributed by atoms with van der Waals surface area (Å²) >= 11 is 0. The number of hydrogen-bond acceptors (Lipinski definition) is 8. The number of ether oxygens (including phenoxy) is 3. The first-order valence-electron chi connectivity index (χ1n) is 7.63. The second-order valence-corrected chi connectivity index (χ2v) is 6.17. The third-order valence-electron chi connectivity index (χ3n) is 4.86. The zero-order chi connectivity index (χ0) is 17.9. The molecule has 4 rings (SSSR count). The number of likely N-dealkylation sites (N-methyl/N-ethyl adjacent to an activating group) is 1. The van der Waals surface area contributed by atoms with Crippen molar-refractivity contribution >= 4 is 23.0 Å². The number of fused-ring (bicyclic) bond motifs is 3. The number of carbonyl (C=O) groups is 1. The van der Waals surface area contributed by atoms with Crippen molar-refractivity contribution in [2.75, 3.05) is 33.6 Å². The second kappa shape index (κ2) is 5.25. The number of nitrogens with zero attached hydrogens (tertiary/aromatic N) is 4. The molecule has 0 saturated carbocycles. The Bertz CT molecular complexity index is 909. The molecular formula is C14H18N6O5. The van der Waals surface area contributed by atoms with Gasteiger partial charge >= 0.3 is 0 Å². The van der Waals surface area contributed by atoms with E-state index in [1.807, 2.05) is 0 Å². The number of methoxy groups -OCH3 is 2. The lowest BCUT2D eigenvalue weighted by molar-refractivity contribution is -0.184.